The molecule has 1 rings (SSSR count). The Morgan fingerprint density at radius 2 is 2.18 bits per heavy atom. The molecule has 0 fully saturated rings. The van der Waals surface area contributed by atoms with Gasteiger partial charge in [0.1, 0.15) is 18.8 Å². The lowest BCUT2D eigenvalue weighted by molar-refractivity contribution is -0.147. The first-order chi connectivity index (χ1) is 8.18. The van der Waals surface area contributed by atoms with Gasteiger partial charge in [0.25, 0.3) is 0 Å². The second-order valence-corrected chi connectivity index (χ2v) is 3.51. The van der Waals surface area contributed by atoms with E-state index in [4.69, 9.17) is 9.47 Å². The lowest BCUT2D eigenvalue weighted by Crippen LogP contribution is -2.13. The van der Waals surface area contributed by atoms with Crippen molar-refractivity contribution in [2.75, 3.05) is 13.2 Å². The summed E-state index contributed by atoms with van der Waals surface area (Å²) in [5, 5.41) is 0. The molecule has 0 spiro atoms. The van der Waals surface area contributed by atoms with Crippen LogP contribution < -0.4 is 0 Å². The number of carbonyl (C=O) groups is 2. The van der Waals surface area contributed by atoms with Gasteiger partial charge in [-0.15, -0.1) is 0 Å². The summed E-state index contributed by atoms with van der Waals surface area (Å²) in [6.07, 6.45) is 3.22. The van der Waals surface area contributed by atoms with E-state index in [1.807, 2.05) is 12.1 Å². The fourth-order valence-electron chi connectivity index (χ4n) is 1.14. The Kier molecular flexibility index (Phi) is 5.88. The SMILES string of the molecule is CC(=O)CC(=O)OCCOCc1cccnc1. The van der Waals surface area contributed by atoms with Crippen LogP contribution in [0.2, 0.25) is 0 Å². The summed E-state index contributed by atoms with van der Waals surface area (Å²) in [5.74, 6) is -0.714. The average molecular weight is 237 g/mol. The van der Waals surface area contributed by atoms with Crippen LogP contribution in [-0.2, 0) is 25.7 Å². The Morgan fingerprint density at radius 1 is 1.35 bits per heavy atom. The Bertz CT molecular complexity index is 364. The summed E-state index contributed by atoms with van der Waals surface area (Å²) in [6, 6.07) is 3.72. The van der Waals surface area contributed by atoms with Crippen LogP contribution >= 0.6 is 0 Å². The maximum Gasteiger partial charge on any atom is 0.313 e. The zero-order valence-electron chi connectivity index (χ0n) is 9.72. The third kappa shape index (κ3) is 6.42. The van der Waals surface area contributed by atoms with Crippen LogP contribution in [0.4, 0.5) is 0 Å². The van der Waals surface area contributed by atoms with E-state index < -0.39 is 5.97 Å². The van der Waals surface area contributed by atoms with Gasteiger partial charge in [0.05, 0.1) is 13.2 Å². The molecule has 1 aromatic heterocycles. The molecular weight excluding hydrogens is 222 g/mol. The summed E-state index contributed by atoms with van der Waals surface area (Å²) in [5.41, 5.74) is 0.961. The number of hydrogen-bond acceptors (Lipinski definition) is 5. The van der Waals surface area contributed by atoms with Gasteiger partial charge in [-0.25, -0.2) is 0 Å². The largest absolute Gasteiger partial charge is 0.463 e. The normalized spacial score (nSPS) is 9.94. The summed E-state index contributed by atoms with van der Waals surface area (Å²) in [4.78, 5) is 25.5. The zero-order chi connectivity index (χ0) is 12.5. The molecule has 0 aliphatic carbocycles. The van der Waals surface area contributed by atoms with Gasteiger partial charge in [-0.2, -0.15) is 0 Å². The second kappa shape index (κ2) is 7.51. The molecule has 0 saturated heterocycles. The minimum Gasteiger partial charge on any atom is -0.463 e. The molecule has 1 aromatic rings. The maximum atomic E-state index is 11.0. The number of aromatic nitrogens is 1. The van der Waals surface area contributed by atoms with Gasteiger partial charge in [0.15, 0.2) is 0 Å². The Hall–Kier alpha value is -1.75. The van der Waals surface area contributed by atoms with Gasteiger partial charge in [0, 0.05) is 12.4 Å². The van der Waals surface area contributed by atoms with Crippen molar-refractivity contribution in [2.45, 2.75) is 20.0 Å². The molecule has 0 N–H and O–H groups in total. The van der Waals surface area contributed by atoms with E-state index in [0.29, 0.717) is 13.2 Å². The number of ether oxygens (including phenoxy) is 2. The van der Waals surface area contributed by atoms with E-state index in [1.54, 1.807) is 12.4 Å². The fraction of sp³-hybridized carbons (Fsp3) is 0.417. The number of ketones is 1. The number of rotatable bonds is 7. The van der Waals surface area contributed by atoms with E-state index in [-0.39, 0.29) is 18.8 Å². The third-order valence-electron chi connectivity index (χ3n) is 1.88. The first kappa shape index (κ1) is 13.3. The summed E-state index contributed by atoms with van der Waals surface area (Å²) in [6.45, 7) is 2.24. The van der Waals surface area contributed by atoms with Crippen LogP contribution in [0, 0.1) is 0 Å². The third-order valence-corrected chi connectivity index (χ3v) is 1.88. The molecule has 17 heavy (non-hydrogen) atoms. The molecule has 92 valence electrons. The van der Waals surface area contributed by atoms with Crippen LogP contribution in [0.15, 0.2) is 24.5 Å². The molecule has 0 saturated carbocycles. The number of Topliss-reactive ketones (excluding diaryl/α,β-unsaturated/α-hetero) is 1. The molecule has 5 heteroatoms. The van der Waals surface area contributed by atoms with Gasteiger partial charge in [-0.1, -0.05) is 6.07 Å². The number of esters is 1. The molecule has 0 unspecified atom stereocenters. The Balaban J connectivity index is 2.05. The predicted molar refractivity (Wildman–Crippen MR) is 60.2 cm³/mol. The summed E-state index contributed by atoms with van der Waals surface area (Å²) in [7, 11) is 0. The first-order valence-corrected chi connectivity index (χ1v) is 5.30. The summed E-state index contributed by atoms with van der Waals surface area (Å²) >= 11 is 0. The van der Waals surface area contributed by atoms with Crippen molar-refractivity contribution in [3.05, 3.63) is 30.1 Å². The highest BCUT2D eigenvalue weighted by molar-refractivity contribution is 5.94. The second-order valence-electron chi connectivity index (χ2n) is 3.51. The van der Waals surface area contributed by atoms with Crippen molar-refractivity contribution in [2.24, 2.45) is 0 Å². The number of hydrogen-bond donors (Lipinski definition) is 0. The van der Waals surface area contributed by atoms with E-state index in [2.05, 4.69) is 4.98 Å². The Morgan fingerprint density at radius 3 is 2.82 bits per heavy atom. The van der Waals surface area contributed by atoms with Crippen LogP contribution in [0.5, 0.6) is 0 Å². The molecule has 0 aromatic carbocycles. The van der Waals surface area contributed by atoms with Crippen LogP contribution in [0.25, 0.3) is 0 Å². The number of carbonyl (C=O) groups excluding carboxylic acids is 2. The van der Waals surface area contributed by atoms with Crippen molar-refractivity contribution in [3.63, 3.8) is 0 Å². The molecule has 5 nitrogen and oxygen atoms in total. The van der Waals surface area contributed by atoms with E-state index in [9.17, 15) is 9.59 Å². The predicted octanol–water partition coefficient (Wildman–Crippen LogP) is 1.12. The van der Waals surface area contributed by atoms with Gasteiger partial charge in [-0.05, 0) is 18.6 Å². The van der Waals surface area contributed by atoms with E-state index in [0.717, 1.165) is 5.56 Å². The van der Waals surface area contributed by atoms with E-state index in [1.165, 1.54) is 6.92 Å². The molecular formula is C12H15NO4. The number of pyridine rings is 1. The standard InChI is InChI=1S/C12H15NO4/c1-10(14)7-12(15)17-6-5-16-9-11-3-2-4-13-8-11/h2-4,8H,5-7,9H2,1H3. The quantitative estimate of drug-likeness (QED) is 0.404. The zero-order valence-corrected chi connectivity index (χ0v) is 9.72. The Labute approximate surface area is 99.8 Å². The maximum absolute atomic E-state index is 11.0. The van der Waals surface area contributed by atoms with Crippen LogP contribution in [0.1, 0.15) is 18.9 Å². The van der Waals surface area contributed by atoms with Crippen LogP contribution in [0.3, 0.4) is 0 Å². The molecule has 1 heterocycles. The topological polar surface area (TPSA) is 65.5 Å². The highest BCUT2D eigenvalue weighted by Crippen LogP contribution is 1.98. The van der Waals surface area contributed by atoms with Crippen molar-refractivity contribution < 1.29 is 19.1 Å². The van der Waals surface area contributed by atoms with Gasteiger partial charge < -0.3 is 9.47 Å². The molecule has 0 aliphatic rings. The molecule has 0 radical (unpaired) electrons. The van der Waals surface area contributed by atoms with Gasteiger partial charge in [-0.3, -0.25) is 14.6 Å². The van der Waals surface area contributed by atoms with Crippen molar-refractivity contribution in [1.29, 1.82) is 0 Å². The lowest BCUT2D eigenvalue weighted by Gasteiger charge is -2.05. The highest BCUT2D eigenvalue weighted by Gasteiger charge is 2.05. The first-order valence-electron chi connectivity index (χ1n) is 5.30. The molecule has 0 amide bonds. The smallest absolute Gasteiger partial charge is 0.313 e. The van der Waals surface area contributed by atoms with Gasteiger partial charge in [0.2, 0.25) is 0 Å². The molecule has 0 aliphatic heterocycles. The molecule has 0 atom stereocenters. The van der Waals surface area contributed by atoms with Crippen molar-refractivity contribution in [3.8, 4) is 0 Å². The minimum absolute atomic E-state index is 0.159. The van der Waals surface area contributed by atoms with E-state index >= 15 is 0 Å². The lowest BCUT2D eigenvalue weighted by atomic mass is 10.3. The van der Waals surface area contributed by atoms with Crippen molar-refractivity contribution >= 4 is 11.8 Å². The van der Waals surface area contributed by atoms with Gasteiger partial charge >= 0.3 is 5.97 Å². The highest BCUT2D eigenvalue weighted by atomic mass is 16.6. The van der Waals surface area contributed by atoms with Crippen molar-refractivity contribution in [1.82, 2.24) is 4.98 Å². The average Bonchev–Trinajstić information content (AvgIpc) is 2.29. The molecule has 0 bridgehead atoms. The van der Waals surface area contributed by atoms with Crippen LogP contribution in [-0.4, -0.2) is 30.0 Å². The fourth-order valence-corrected chi connectivity index (χ4v) is 1.14. The monoisotopic (exact) mass is 237 g/mol. The minimum atomic E-state index is -0.512. The number of nitrogens with zero attached hydrogens (tertiary/aromatic N) is 1. The summed E-state index contributed by atoms with van der Waals surface area (Å²) < 4.78 is 10.1.